The SMILES string of the molecule is CC.Cn1nc(C#Cc2cc3ncn(C4CC4)c3cc2Cl)c(C(N)=O)c1N. The maximum atomic E-state index is 11.6. The van der Waals surface area contributed by atoms with Crippen molar-refractivity contribution in [2.45, 2.75) is 32.7 Å². The third-order valence-corrected chi connectivity index (χ3v) is 4.57. The molecule has 1 amide bonds. The van der Waals surface area contributed by atoms with E-state index in [-0.39, 0.29) is 17.1 Å². The normalized spacial score (nSPS) is 12.9. The molecule has 0 bridgehead atoms. The van der Waals surface area contributed by atoms with E-state index in [9.17, 15) is 4.79 Å². The Bertz CT molecular complexity index is 1080. The van der Waals surface area contributed by atoms with E-state index in [0.717, 1.165) is 11.0 Å². The molecular weight excluding hydrogens is 364 g/mol. The van der Waals surface area contributed by atoms with Crippen LogP contribution < -0.4 is 11.5 Å². The number of nitrogen functional groups attached to an aromatic ring is 1. The first-order chi connectivity index (χ1) is 13.0. The minimum absolute atomic E-state index is 0.116. The smallest absolute Gasteiger partial charge is 0.255 e. The van der Waals surface area contributed by atoms with Crippen LogP contribution in [-0.4, -0.2) is 25.2 Å². The maximum Gasteiger partial charge on any atom is 0.255 e. The van der Waals surface area contributed by atoms with E-state index in [1.165, 1.54) is 17.5 Å². The third kappa shape index (κ3) is 3.49. The average Bonchev–Trinajstić information content (AvgIpc) is 3.34. The first kappa shape index (κ1) is 18.8. The van der Waals surface area contributed by atoms with E-state index in [4.69, 9.17) is 23.1 Å². The number of rotatable bonds is 2. The molecule has 7 nitrogen and oxygen atoms in total. The average molecular weight is 385 g/mol. The predicted octanol–water partition coefficient (Wildman–Crippen LogP) is 2.87. The fourth-order valence-electron chi connectivity index (χ4n) is 2.78. The van der Waals surface area contributed by atoms with Crippen LogP contribution in [0.1, 0.15) is 54.3 Å². The van der Waals surface area contributed by atoms with Crippen molar-refractivity contribution < 1.29 is 4.79 Å². The van der Waals surface area contributed by atoms with Gasteiger partial charge < -0.3 is 16.0 Å². The van der Waals surface area contributed by atoms with Gasteiger partial charge in [-0.15, -0.1) is 0 Å². The molecule has 1 saturated carbocycles. The van der Waals surface area contributed by atoms with Gasteiger partial charge in [0.1, 0.15) is 11.4 Å². The number of aryl methyl sites for hydroxylation is 1. The topological polar surface area (TPSA) is 105 Å². The number of carbonyl (C=O) groups is 1. The summed E-state index contributed by atoms with van der Waals surface area (Å²) in [4.78, 5) is 16.0. The molecule has 1 fully saturated rings. The van der Waals surface area contributed by atoms with Crippen LogP contribution in [0.15, 0.2) is 18.5 Å². The fraction of sp³-hybridized carbons (Fsp3) is 0.316. The second-order valence-corrected chi connectivity index (χ2v) is 6.46. The van der Waals surface area contributed by atoms with Crippen LogP contribution >= 0.6 is 11.6 Å². The van der Waals surface area contributed by atoms with Crippen LogP contribution in [-0.2, 0) is 7.05 Å². The first-order valence-electron chi connectivity index (χ1n) is 8.76. The predicted molar refractivity (Wildman–Crippen MR) is 106 cm³/mol. The van der Waals surface area contributed by atoms with E-state index in [1.807, 2.05) is 32.3 Å². The number of primary amides is 1. The number of carbonyl (C=O) groups excluding carboxylic acids is 1. The Labute approximate surface area is 162 Å². The monoisotopic (exact) mass is 384 g/mol. The number of imidazole rings is 1. The Hall–Kier alpha value is -2.98. The number of halogens is 1. The number of nitrogens with two attached hydrogens (primary N) is 2. The molecule has 0 saturated heterocycles. The van der Waals surface area contributed by atoms with Crippen LogP contribution in [0.2, 0.25) is 5.02 Å². The molecule has 0 atom stereocenters. The summed E-state index contributed by atoms with van der Waals surface area (Å²) in [5, 5.41) is 4.65. The number of anilines is 1. The summed E-state index contributed by atoms with van der Waals surface area (Å²) in [5.74, 6) is 5.29. The summed E-state index contributed by atoms with van der Waals surface area (Å²) < 4.78 is 3.51. The number of fused-ring (bicyclic) bond motifs is 1. The molecule has 140 valence electrons. The van der Waals surface area contributed by atoms with Gasteiger partial charge in [0.25, 0.3) is 5.91 Å². The van der Waals surface area contributed by atoms with Crippen LogP contribution in [0.5, 0.6) is 0 Å². The summed E-state index contributed by atoms with van der Waals surface area (Å²) in [6.45, 7) is 4.00. The highest BCUT2D eigenvalue weighted by molar-refractivity contribution is 6.32. The van der Waals surface area contributed by atoms with Crippen LogP contribution in [0.25, 0.3) is 11.0 Å². The summed E-state index contributed by atoms with van der Waals surface area (Å²) in [7, 11) is 1.62. The summed E-state index contributed by atoms with van der Waals surface area (Å²) >= 11 is 6.38. The van der Waals surface area contributed by atoms with Crippen molar-refractivity contribution in [1.82, 2.24) is 19.3 Å². The molecule has 2 aromatic heterocycles. The lowest BCUT2D eigenvalue weighted by Gasteiger charge is -2.02. The van der Waals surface area contributed by atoms with Gasteiger partial charge in [0, 0.05) is 18.7 Å². The van der Waals surface area contributed by atoms with E-state index >= 15 is 0 Å². The molecule has 8 heteroatoms. The van der Waals surface area contributed by atoms with Crippen LogP contribution in [0, 0.1) is 11.8 Å². The molecule has 0 unspecified atom stereocenters. The Morgan fingerprint density at radius 2 is 2.00 bits per heavy atom. The Balaban J connectivity index is 0.00000102. The first-order valence-corrected chi connectivity index (χ1v) is 9.14. The molecule has 1 aliphatic rings. The minimum Gasteiger partial charge on any atom is -0.383 e. The second-order valence-electron chi connectivity index (χ2n) is 6.05. The van der Waals surface area contributed by atoms with Gasteiger partial charge in [-0.25, -0.2) is 4.98 Å². The van der Waals surface area contributed by atoms with Crippen molar-refractivity contribution in [2.75, 3.05) is 5.73 Å². The van der Waals surface area contributed by atoms with Gasteiger partial charge in [-0.05, 0) is 30.9 Å². The molecule has 2 heterocycles. The van der Waals surface area contributed by atoms with Gasteiger partial charge in [-0.2, -0.15) is 5.10 Å². The lowest BCUT2D eigenvalue weighted by atomic mass is 10.1. The molecule has 1 aliphatic carbocycles. The Morgan fingerprint density at radius 3 is 2.63 bits per heavy atom. The zero-order valence-electron chi connectivity index (χ0n) is 15.5. The zero-order valence-corrected chi connectivity index (χ0v) is 16.2. The van der Waals surface area contributed by atoms with Gasteiger partial charge >= 0.3 is 0 Å². The highest BCUT2D eigenvalue weighted by Crippen LogP contribution is 2.37. The van der Waals surface area contributed by atoms with Crippen molar-refractivity contribution >= 4 is 34.4 Å². The van der Waals surface area contributed by atoms with Crippen molar-refractivity contribution in [2.24, 2.45) is 12.8 Å². The van der Waals surface area contributed by atoms with E-state index in [1.54, 1.807) is 7.05 Å². The van der Waals surface area contributed by atoms with Crippen LogP contribution in [0.4, 0.5) is 5.82 Å². The number of benzene rings is 1. The molecule has 0 spiro atoms. The van der Waals surface area contributed by atoms with E-state index in [2.05, 4.69) is 26.5 Å². The number of aromatic nitrogens is 4. The second kappa shape index (κ2) is 7.33. The molecule has 27 heavy (non-hydrogen) atoms. The number of amides is 1. The van der Waals surface area contributed by atoms with Gasteiger partial charge in [-0.1, -0.05) is 31.4 Å². The number of hydrogen-bond donors (Lipinski definition) is 2. The highest BCUT2D eigenvalue weighted by atomic mass is 35.5. The van der Waals surface area contributed by atoms with Crippen molar-refractivity contribution in [1.29, 1.82) is 0 Å². The van der Waals surface area contributed by atoms with Gasteiger partial charge in [-0.3, -0.25) is 9.48 Å². The molecule has 0 radical (unpaired) electrons. The third-order valence-electron chi connectivity index (χ3n) is 4.26. The summed E-state index contributed by atoms with van der Waals surface area (Å²) in [5.41, 5.74) is 13.9. The van der Waals surface area contributed by atoms with Crippen molar-refractivity contribution in [3.05, 3.63) is 40.3 Å². The van der Waals surface area contributed by atoms with Gasteiger partial charge in [0.2, 0.25) is 0 Å². The fourth-order valence-corrected chi connectivity index (χ4v) is 2.99. The van der Waals surface area contributed by atoms with Crippen molar-refractivity contribution in [3.63, 3.8) is 0 Å². The molecule has 0 aliphatic heterocycles. The molecule has 3 aromatic rings. The number of nitrogens with zero attached hydrogens (tertiary/aromatic N) is 4. The quantitative estimate of drug-likeness (QED) is 0.662. The lowest BCUT2D eigenvalue weighted by molar-refractivity contribution is 0.100. The van der Waals surface area contributed by atoms with Crippen LogP contribution in [0.3, 0.4) is 0 Å². The minimum atomic E-state index is -0.667. The largest absolute Gasteiger partial charge is 0.383 e. The maximum absolute atomic E-state index is 11.6. The van der Waals surface area contributed by atoms with Gasteiger partial charge in [0.15, 0.2) is 5.69 Å². The van der Waals surface area contributed by atoms with E-state index < -0.39 is 5.91 Å². The van der Waals surface area contributed by atoms with Gasteiger partial charge in [0.05, 0.1) is 22.4 Å². The van der Waals surface area contributed by atoms with E-state index in [0.29, 0.717) is 16.6 Å². The van der Waals surface area contributed by atoms with Crippen molar-refractivity contribution in [3.8, 4) is 11.8 Å². The number of hydrogen-bond acceptors (Lipinski definition) is 4. The highest BCUT2D eigenvalue weighted by Gasteiger charge is 2.25. The lowest BCUT2D eigenvalue weighted by Crippen LogP contribution is -2.14. The standard InChI is InChI=1S/C17H15ClN6O.C2H6/c1-23-16(19)15(17(20)25)12(22-23)5-2-9-6-13-14(7-11(9)18)24(8-21-13)10-3-4-10;1-2/h6-8,10H,3-4,19H2,1H3,(H2,20,25);1-2H3. The molecule has 4 rings (SSSR count). The molecular formula is C19H21ClN6O. The zero-order chi connectivity index (χ0) is 19.7. The Kier molecular flexibility index (Phi) is 5.10. The summed E-state index contributed by atoms with van der Waals surface area (Å²) in [6, 6.07) is 4.22. The molecule has 1 aromatic carbocycles. The summed E-state index contributed by atoms with van der Waals surface area (Å²) in [6.07, 6.45) is 4.17. The Morgan fingerprint density at radius 1 is 1.30 bits per heavy atom. The molecule has 4 N–H and O–H groups in total.